The summed E-state index contributed by atoms with van der Waals surface area (Å²) < 4.78 is 2.16. The van der Waals surface area contributed by atoms with Gasteiger partial charge in [0.05, 0.1) is 5.56 Å². The Morgan fingerprint density at radius 1 is 1.07 bits per heavy atom. The van der Waals surface area contributed by atoms with Crippen LogP contribution < -0.4 is 10.6 Å². The average molecular weight is 406 g/mol. The van der Waals surface area contributed by atoms with E-state index in [1.807, 2.05) is 26.0 Å². The normalized spacial score (nSPS) is 13.6. The number of hydrogen-bond acceptors (Lipinski definition) is 4. The van der Waals surface area contributed by atoms with E-state index in [2.05, 4.69) is 20.2 Å². The third-order valence-electron chi connectivity index (χ3n) is 5.53. The molecule has 1 aliphatic rings. The third-order valence-corrected chi connectivity index (χ3v) is 5.53. The quantitative estimate of drug-likeness (QED) is 0.674. The number of nitrogens with zero attached hydrogens (tertiary/aromatic N) is 3. The van der Waals surface area contributed by atoms with Crippen molar-refractivity contribution in [3.05, 3.63) is 46.9 Å². The van der Waals surface area contributed by atoms with E-state index in [0.29, 0.717) is 28.9 Å². The minimum atomic E-state index is -0.221. The number of carbonyl (C=O) groups is 2. The van der Waals surface area contributed by atoms with Crippen molar-refractivity contribution in [2.45, 2.75) is 59.4 Å². The molecule has 0 fully saturated rings. The second-order valence-electron chi connectivity index (χ2n) is 7.86. The first kappa shape index (κ1) is 20.1. The first-order valence-corrected chi connectivity index (χ1v) is 10.5. The Morgan fingerprint density at radius 2 is 1.90 bits per heavy atom. The molecule has 7 heteroatoms. The number of carbonyl (C=O) groups excluding carboxylic acids is 2. The number of nitrogens with one attached hydrogen (secondary N) is 2. The summed E-state index contributed by atoms with van der Waals surface area (Å²) in [5.41, 5.74) is 5.01. The van der Waals surface area contributed by atoms with Crippen LogP contribution in [0.15, 0.2) is 24.3 Å². The topological polar surface area (TPSA) is 88.9 Å². The van der Waals surface area contributed by atoms with Crippen LogP contribution in [0.3, 0.4) is 0 Å². The molecule has 7 nitrogen and oxygen atoms in total. The van der Waals surface area contributed by atoms with Crippen LogP contribution in [0.5, 0.6) is 0 Å². The maximum absolute atomic E-state index is 13.2. The lowest BCUT2D eigenvalue weighted by Gasteiger charge is -2.12. The van der Waals surface area contributed by atoms with Crippen LogP contribution in [0.1, 0.15) is 60.0 Å². The number of benzene rings is 1. The molecule has 0 spiro atoms. The highest BCUT2D eigenvalue weighted by atomic mass is 16.2. The maximum atomic E-state index is 13.2. The van der Waals surface area contributed by atoms with Crippen LogP contribution in [0.4, 0.5) is 11.4 Å². The number of rotatable bonds is 4. The van der Waals surface area contributed by atoms with Gasteiger partial charge < -0.3 is 15.2 Å². The van der Waals surface area contributed by atoms with Gasteiger partial charge in [0.2, 0.25) is 5.91 Å². The number of fused-ring (bicyclic) bond motifs is 3. The van der Waals surface area contributed by atoms with E-state index in [1.54, 1.807) is 19.1 Å². The molecular formula is C23H27N5O2. The summed E-state index contributed by atoms with van der Waals surface area (Å²) >= 11 is 0. The molecular weight excluding hydrogens is 378 g/mol. The smallest absolute Gasteiger partial charge is 0.258 e. The first-order chi connectivity index (χ1) is 14.5. The van der Waals surface area contributed by atoms with Crippen molar-refractivity contribution in [2.24, 2.45) is 0 Å². The molecule has 30 heavy (non-hydrogen) atoms. The van der Waals surface area contributed by atoms with Crippen molar-refractivity contribution in [1.82, 2.24) is 14.5 Å². The number of pyridine rings is 1. The lowest BCUT2D eigenvalue weighted by atomic mass is 10.1. The van der Waals surface area contributed by atoms with Crippen LogP contribution in [-0.4, -0.2) is 26.3 Å². The third kappa shape index (κ3) is 3.92. The number of anilines is 2. The summed E-state index contributed by atoms with van der Waals surface area (Å²) in [4.78, 5) is 34.4. The Balaban J connectivity index is 1.69. The van der Waals surface area contributed by atoms with E-state index < -0.39 is 0 Å². The summed E-state index contributed by atoms with van der Waals surface area (Å²) in [5.74, 6) is 0.720. The zero-order valence-corrected chi connectivity index (χ0v) is 17.7. The van der Waals surface area contributed by atoms with Crippen molar-refractivity contribution in [2.75, 3.05) is 10.6 Å². The van der Waals surface area contributed by atoms with Crippen molar-refractivity contribution in [1.29, 1.82) is 0 Å². The van der Waals surface area contributed by atoms with Crippen LogP contribution in [0.25, 0.3) is 11.2 Å². The van der Waals surface area contributed by atoms with E-state index in [4.69, 9.17) is 4.98 Å². The lowest BCUT2D eigenvalue weighted by Crippen LogP contribution is -2.15. The number of imidazole rings is 1. The molecule has 3 aromatic rings. The Hall–Kier alpha value is -3.22. The summed E-state index contributed by atoms with van der Waals surface area (Å²) in [5, 5.41) is 5.84. The molecule has 0 saturated carbocycles. The van der Waals surface area contributed by atoms with Gasteiger partial charge in [0, 0.05) is 36.5 Å². The fraction of sp³-hybridized carbons (Fsp3) is 0.391. The Kier molecular flexibility index (Phi) is 5.53. The minimum Gasteiger partial charge on any atom is -0.326 e. The second kappa shape index (κ2) is 8.26. The minimum absolute atomic E-state index is 0.0675. The van der Waals surface area contributed by atoms with Crippen molar-refractivity contribution < 1.29 is 9.59 Å². The van der Waals surface area contributed by atoms with E-state index >= 15 is 0 Å². The van der Waals surface area contributed by atoms with Gasteiger partial charge in [-0.1, -0.05) is 19.4 Å². The highest BCUT2D eigenvalue weighted by molar-refractivity contribution is 6.11. The maximum Gasteiger partial charge on any atom is 0.258 e. The summed E-state index contributed by atoms with van der Waals surface area (Å²) in [6, 6.07) is 7.30. The SMILES string of the molecule is CCC(=O)Nc1ccc(C)c(NC(=O)c2cc(C)nc3c2nc2n3CCCCC2)c1. The molecule has 0 unspecified atom stereocenters. The number of aromatic nitrogens is 3. The number of aryl methyl sites for hydroxylation is 4. The average Bonchev–Trinajstić information content (AvgIpc) is 2.90. The summed E-state index contributed by atoms with van der Waals surface area (Å²) in [7, 11) is 0. The van der Waals surface area contributed by atoms with Crippen LogP contribution in [0, 0.1) is 13.8 Å². The van der Waals surface area contributed by atoms with Gasteiger partial charge in [0.25, 0.3) is 5.91 Å². The van der Waals surface area contributed by atoms with Gasteiger partial charge in [-0.2, -0.15) is 0 Å². The fourth-order valence-electron chi connectivity index (χ4n) is 3.86. The number of hydrogen-bond donors (Lipinski definition) is 2. The lowest BCUT2D eigenvalue weighted by molar-refractivity contribution is -0.115. The standard InChI is InChI=1S/C23H27N5O2/c1-4-20(29)25-16-10-9-14(2)18(13-16)26-23(30)17-12-15(3)24-22-21(17)27-19-8-6-5-7-11-28(19)22/h9-10,12-13H,4-8,11H2,1-3H3,(H,25,29)(H,26,30). The summed E-state index contributed by atoms with van der Waals surface area (Å²) in [6.07, 6.45) is 4.71. The van der Waals surface area contributed by atoms with Gasteiger partial charge in [0.15, 0.2) is 5.65 Å². The zero-order valence-electron chi connectivity index (χ0n) is 17.7. The molecule has 156 valence electrons. The first-order valence-electron chi connectivity index (χ1n) is 10.5. The summed E-state index contributed by atoms with van der Waals surface area (Å²) in [6.45, 7) is 6.52. The molecule has 2 N–H and O–H groups in total. The molecule has 1 aliphatic heterocycles. The predicted molar refractivity (Wildman–Crippen MR) is 118 cm³/mol. The Morgan fingerprint density at radius 3 is 2.70 bits per heavy atom. The predicted octanol–water partition coefficient (Wildman–Crippen LogP) is 4.38. The molecule has 0 bridgehead atoms. The molecule has 0 radical (unpaired) electrons. The zero-order chi connectivity index (χ0) is 21.3. The van der Waals surface area contributed by atoms with Gasteiger partial charge in [0.1, 0.15) is 11.3 Å². The molecule has 0 saturated heterocycles. The van der Waals surface area contributed by atoms with Crippen molar-refractivity contribution >= 4 is 34.4 Å². The molecule has 1 aromatic carbocycles. The molecule has 4 rings (SSSR count). The fourth-order valence-corrected chi connectivity index (χ4v) is 3.86. The molecule has 2 aromatic heterocycles. The van der Waals surface area contributed by atoms with Crippen molar-refractivity contribution in [3.8, 4) is 0 Å². The van der Waals surface area contributed by atoms with Crippen LogP contribution >= 0.6 is 0 Å². The van der Waals surface area contributed by atoms with E-state index in [-0.39, 0.29) is 11.8 Å². The molecule has 0 atom stereocenters. The van der Waals surface area contributed by atoms with Crippen LogP contribution in [-0.2, 0) is 17.8 Å². The van der Waals surface area contributed by atoms with E-state index in [1.165, 1.54) is 6.42 Å². The highest BCUT2D eigenvalue weighted by Crippen LogP contribution is 2.26. The van der Waals surface area contributed by atoms with Gasteiger partial charge in [-0.15, -0.1) is 0 Å². The van der Waals surface area contributed by atoms with Gasteiger partial charge >= 0.3 is 0 Å². The Labute approximate surface area is 175 Å². The molecule has 0 aliphatic carbocycles. The highest BCUT2D eigenvalue weighted by Gasteiger charge is 2.21. The van der Waals surface area contributed by atoms with E-state index in [0.717, 1.165) is 48.5 Å². The van der Waals surface area contributed by atoms with Crippen molar-refractivity contribution in [3.63, 3.8) is 0 Å². The largest absolute Gasteiger partial charge is 0.326 e. The van der Waals surface area contributed by atoms with Gasteiger partial charge in [-0.05, 0) is 50.5 Å². The van der Waals surface area contributed by atoms with Gasteiger partial charge in [-0.3, -0.25) is 9.59 Å². The van der Waals surface area contributed by atoms with Crippen LogP contribution in [0.2, 0.25) is 0 Å². The van der Waals surface area contributed by atoms with Gasteiger partial charge in [-0.25, -0.2) is 9.97 Å². The molecule has 2 amide bonds. The second-order valence-corrected chi connectivity index (χ2v) is 7.86. The van der Waals surface area contributed by atoms with E-state index in [9.17, 15) is 9.59 Å². The Bertz CT molecular complexity index is 1130. The number of amides is 2. The molecule has 3 heterocycles. The monoisotopic (exact) mass is 405 g/mol.